The lowest BCUT2D eigenvalue weighted by atomic mass is 10.2. The second kappa shape index (κ2) is 8.18. The molecule has 0 spiro atoms. The maximum atomic E-state index is 13.0. The fourth-order valence-corrected chi connectivity index (χ4v) is 2.49. The van der Waals surface area contributed by atoms with E-state index in [-0.39, 0.29) is 23.6 Å². The number of carbonyl (C=O) groups is 1. The average Bonchev–Trinajstić information content (AvgIpc) is 2.70. The van der Waals surface area contributed by atoms with E-state index < -0.39 is 11.5 Å². The minimum Gasteiger partial charge on any atom is -0.462 e. The summed E-state index contributed by atoms with van der Waals surface area (Å²) in [5.74, 6) is -0.344. The van der Waals surface area contributed by atoms with Crippen LogP contribution in [0.4, 0.5) is 0 Å². The number of rotatable bonds is 5. The molecule has 0 amide bonds. The van der Waals surface area contributed by atoms with Crippen LogP contribution in [0.5, 0.6) is 11.6 Å². The summed E-state index contributed by atoms with van der Waals surface area (Å²) in [5.41, 5.74) is 0.624. The quantitative estimate of drug-likeness (QED) is 0.386. The second-order valence-electron chi connectivity index (χ2n) is 5.87. The fraction of sp³-hybridized carbons (Fsp3) is 0.143. The molecule has 0 bridgehead atoms. The lowest BCUT2D eigenvalue weighted by Crippen LogP contribution is -2.19. The molecular weight excluding hydrogens is 358 g/mol. The molecule has 0 aliphatic carbocycles. The molecule has 7 heteroatoms. The Morgan fingerprint density at radius 1 is 1.25 bits per heavy atom. The predicted octanol–water partition coefficient (Wildman–Crippen LogP) is 3.27. The highest BCUT2D eigenvalue weighted by Crippen LogP contribution is 2.24. The van der Waals surface area contributed by atoms with E-state index >= 15 is 0 Å². The number of fused-ring (bicyclic) bond motifs is 1. The van der Waals surface area contributed by atoms with E-state index in [4.69, 9.17) is 9.47 Å². The third-order valence-corrected chi connectivity index (χ3v) is 3.87. The molecule has 2 aromatic heterocycles. The molecule has 0 aliphatic rings. The standard InChI is InChI=1S/C21H17N3O4/c1-3-27-21(26)15(13-22)12-17-19(28-16-9-7-14(2)8-10-16)23-18-6-4-5-11-24(18)20(17)25/h4-12H,3H2,1-2H3. The van der Waals surface area contributed by atoms with Gasteiger partial charge in [-0.15, -0.1) is 0 Å². The normalized spacial score (nSPS) is 11.1. The van der Waals surface area contributed by atoms with Crippen molar-refractivity contribution in [2.24, 2.45) is 0 Å². The van der Waals surface area contributed by atoms with Crippen molar-refractivity contribution in [3.8, 4) is 17.7 Å². The third kappa shape index (κ3) is 3.91. The van der Waals surface area contributed by atoms with Crippen molar-refractivity contribution in [1.29, 1.82) is 5.26 Å². The third-order valence-electron chi connectivity index (χ3n) is 3.87. The number of aromatic nitrogens is 2. The Bertz CT molecular complexity index is 1150. The van der Waals surface area contributed by atoms with Crippen molar-refractivity contribution in [3.05, 3.63) is 75.7 Å². The summed E-state index contributed by atoms with van der Waals surface area (Å²) in [4.78, 5) is 29.3. The van der Waals surface area contributed by atoms with E-state index in [0.29, 0.717) is 11.4 Å². The molecule has 0 radical (unpaired) electrons. The van der Waals surface area contributed by atoms with Crippen LogP contribution < -0.4 is 10.3 Å². The summed E-state index contributed by atoms with van der Waals surface area (Å²) in [7, 11) is 0. The molecule has 140 valence electrons. The summed E-state index contributed by atoms with van der Waals surface area (Å²) in [6.45, 7) is 3.68. The maximum absolute atomic E-state index is 13.0. The number of pyridine rings is 1. The van der Waals surface area contributed by atoms with E-state index in [0.717, 1.165) is 11.6 Å². The van der Waals surface area contributed by atoms with Gasteiger partial charge in [0.2, 0.25) is 5.88 Å². The van der Waals surface area contributed by atoms with Crippen LogP contribution >= 0.6 is 0 Å². The van der Waals surface area contributed by atoms with Crippen LogP contribution in [0.2, 0.25) is 0 Å². The van der Waals surface area contributed by atoms with Gasteiger partial charge in [-0.25, -0.2) is 4.79 Å². The molecule has 0 saturated carbocycles. The Labute approximate surface area is 161 Å². The molecule has 0 N–H and O–H groups in total. The molecule has 3 aromatic rings. The van der Waals surface area contributed by atoms with Crippen LogP contribution in [0.1, 0.15) is 18.1 Å². The van der Waals surface area contributed by atoms with Crippen LogP contribution in [0.15, 0.2) is 59.0 Å². The summed E-state index contributed by atoms with van der Waals surface area (Å²) in [5, 5.41) is 9.31. The highest BCUT2D eigenvalue weighted by molar-refractivity contribution is 5.98. The zero-order valence-corrected chi connectivity index (χ0v) is 15.4. The molecule has 0 unspecified atom stereocenters. The highest BCUT2D eigenvalue weighted by Gasteiger charge is 2.17. The maximum Gasteiger partial charge on any atom is 0.348 e. The largest absolute Gasteiger partial charge is 0.462 e. The SMILES string of the molecule is CCOC(=O)C(C#N)=Cc1c(Oc2ccc(C)cc2)nc2ccccn2c1=O. The van der Waals surface area contributed by atoms with Crippen molar-refractivity contribution >= 4 is 17.7 Å². The number of esters is 1. The molecule has 0 fully saturated rings. The van der Waals surface area contributed by atoms with E-state index in [9.17, 15) is 14.9 Å². The van der Waals surface area contributed by atoms with E-state index in [1.165, 1.54) is 4.40 Å². The van der Waals surface area contributed by atoms with Gasteiger partial charge < -0.3 is 9.47 Å². The van der Waals surface area contributed by atoms with E-state index in [1.54, 1.807) is 49.5 Å². The van der Waals surface area contributed by atoms with Gasteiger partial charge in [0.15, 0.2) is 0 Å². The number of ether oxygens (including phenoxy) is 2. The highest BCUT2D eigenvalue weighted by atomic mass is 16.5. The topological polar surface area (TPSA) is 93.7 Å². The summed E-state index contributed by atoms with van der Waals surface area (Å²) in [6, 6.07) is 14.1. The van der Waals surface area contributed by atoms with Crippen LogP contribution in [-0.4, -0.2) is 22.0 Å². The van der Waals surface area contributed by atoms with Crippen molar-refractivity contribution < 1.29 is 14.3 Å². The van der Waals surface area contributed by atoms with Gasteiger partial charge in [0.25, 0.3) is 5.56 Å². The zero-order chi connectivity index (χ0) is 20.1. The molecule has 7 nitrogen and oxygen atoms in total. The lowest BCUT2D eigenvalue weighted by Gasteiger charge is -2.10. The predicted molar refractivity (Wildman–Crippen MR) is 103 cm³/mol. The van der Waals surface area contributed by atoms with Gasteiger partial charge in [-0.1, -0.05) is 23.8 Å². The molecule has 1 aromatic carbocycles. The number of nitriles is 1. The smallest absolute Gasteiger partial charge is 0.348 e. The molecule has 0 aliphatic heterocycles. The van der Waals surface area contributed by atoms with Gasteiger partial charge in [-0.05, 0) is 44.2 Å². The zero-order valence-electron chi connectivity index (χ0n) is 15.4. The van der Waals surface area contributed by atoms with Gasteiger partial charge in [0.1, 0.15) is 28.6 Å². The summed E-state index contributed by atoms with van der Waals surface area (Å²) in [6.07, 6.45) is 2.70. The first kappa shape index (κ1) is 18.9. The van der Waals surface area contributed by atoms with Crippen LogP contribution in [0.3, 0.4) is 0 Å². The average molecular weight is 375 g/mol. The molecule has 3 rings (SSSR count). The fourth-order valence-electron chi connectivity index (χ4n) is 2.49. The number of nitrogens with zero attached hydrogens (tertiary/aromatic N) is 3. The molecule has 0 atom stereocenters. The monoisotopic (exact) mass is 375 g/mol. The van der Waals surface area contributed by atoms with Gasteiger partial charge in [-0.2, -0.15) is 10.2 Å². The van der Waals surface area contributed by atoms with Gasteiger partial charge in [0, 0.05) is 6.20 Å². The van der Waals surface area contributed by atoms with Crippen LogP contribution in [-0.2, 0) is 9.53 Å². The Morgan fingerprint density at radius 3 is 2.68 bits per heavy atom. The van der Waals surface area contributed by atoms with E-state index in [2.05, 4.69) is 4.98 Å². The summed E-state index contributed by atoms with van der Waals surface area (Å²) < 4.78 is 12.0. The van der Waals surface area contributed by atoms with Gasteiger partial charge in [-0.3, -0.25) is 9.20 Å². The van der Waals surface area contributed by atoms with E-state index in [1.807, 2.05) is 19.1 Å². The Kier molecular flexibility index (Phi) is 5.51. The first-order valence-electron chi connectivity index (χ1n) is 8.58. The second-order valence-corrected chi connectivity index (χ2v) is 5.87. The number of benzene rings is 1. The van der Waals surface area contributed by atoms with Gasteiger partial charge in [0.05, 0.1) is 6.61 Å². The van der Waals surface area contributed by atoms with Crippen LogP contribution in [0, 0.1) is 18.3 Å². The van der Waals surface area contributed by atoms with Crippen molar-refractivity contribution in [1.82, 2.24) is 9.38 Å². The van der Waals surface area contributed by atoms with Crippen molar-refractivity contribution in [2.75, 3.05) is 6.61 Å². The van der Waals surface area contributed by atoms with Crippen LogP contribution in [0.25, 0.3) is 11.7 Å². The van der Waals surface area contributed by atoms with Crippen molar-refractivity contribution in [2.45, 2.75) is 13.8 Å². The first-order valence-corrected chi connectivity index (χ1v) is 8.58. The molecule has 2 heterocycles. The Hall–Kier alpha value is -3.92. The number of carbonyl (C=O) groups excluding carboxylic acids is 1. The minimum absolute atomic E-state index is 0.00268. The van der Waals surface area contributed by atoms with Crippen molar-refractivity contribution in [3.63, 3.8) is 0 Å². The Balaban J connectivity index is 2.19. The number of hydrogen-bond acceptors (Lipinski definition) is 6. The molecule has 28 heavy (non-hydrogen) atoms. The lowest BCUT2D eigenvalue weighted by molar-refractivity contribution is -0.137. The Morgan fingerprint density at radius 2 is 2.00 bits per heavy atom. The van der Waals surface area contributed by atoms with Gasteiger partial charge >= 0.3 is 5.97 Å². The molecular formula is C21H17N3O4. The number of aryl methyl sites for hydroxylation is 1. The minimum atomic E-state index is -0.816. The summed E-state index contributed by atoms with van der Waals surface area (Å²) >= 11 is 0. The molecule has 0 saturated heterocycles. The number of hydrogen-bond donors (Lipinski definition) is 0. The first-order chi connectivity index (χ1) is 13.5.